The minimum Gasteiger partial charge on any atom is -0.384 e. The minimum absolute atomic E-state index is 0.0120. The van der Waals surface area contributed by atoms with Crippen LogP contribution >= 0.6 is 0 Å². The van der Waals surface area contributed by atoms with E-state index in [2.05, 4.69) is 15.6 Å². The summed E-state index contributed by atoms with van der Waals surface area (Å²) in [6.07, 6.45) is 0.921. The van der Waals surface area contributed by atoms with Crippen LogP contribution in [0.5, 0.6) is 0 Å². The normalized spacial score (nSPS) is 18.9. The van der Waals surface area contributed by atoms with Crippen LogP contribution in [0.3, 0.4) is 0 Å². The molecule has 1 aromatic heterocycles. The molecule has 16 heavy (non-hydrogen) atoms. The number of anilines is 1. The summed E-state index contributed by atoms with van der Waals surface area (Å²) in [7, 11) is 0. The highest BCUT2D eigenvalue weighted by molar-refractivity contribution is 5.82. The van der Waals surface area contributed by atoms with E-state index in [0.29, 0.717) is 12.4 Å². The number of carbonyl (C=O) groups excluding carboxylic acids is 1. The highest BCUT2D eigenvalue weighted by Crippen LogP contribution is 2.08. The molecule has 1 aliphatic rings. The maximum atomic E-state index is 11.6. The highest BCUT2D eigenvalue weighted by atomic mass is 16.2. The first-order chi connectivity index (χ1) is 7.66. The summed E-state index contributed by atoms with van der Waals surface area (Å²) in [5, 5.41) is 5.94. The second-order valence-electron chi connectivity index (χ2n) is 3.99. The molecule has 0 aromatic carbocycles. The van der Waals surface area contributed by atoms with Crippen LogP contribution in [0.1, 0.15) is 17.7 Å². The molecule has 0 radical (unpaired) electrons. The lowest BCUT2D eigenvalue weighted by Crippen LogP contribution is -2.53. The van der Waals surface area contributed by atoms with E-state index >= 15 is 0 Å². The van der Waals surface area contributed by atoms with Gasteiger partial charge in [0, 0.05) is 12.2 Å². The Morgan fingerprint density at radius 3 is 3.00 bits per heavy atom. The van der Waals surface area contributed by atoms with Crippen LogP contribution in [0.2, 0.25) is 0 Å². The van der Waals surface area contributed by atoms with E-state index in [4.69, 9.17) is 5.73 Å². The lowest BCUT2D eigenvalue weighted by molar-refractivity contribution is -0.124. The van der Waals surface area contributed by atoms with Crippen LogP contribution in [-0.4, -0.2) is 23.5 Å². The molecule has 1 amide bonds. The number of carbonyl (C=O) groups is 1. The van der Waals surface area contributed by atoms with Crippen LogP contribution in [-0.2, 0) is 11.3 Å². The molecular weight excluding hydrogens is 204 g/mol. The third-order valence-electron chi connectivity index (χ3n) is 2.81. The average molecular weight is 220 g/mol. The molecule has 86 valence electrons. The largest absolute Gasteiger partial charge is 0.384 e. The molecule has 0 bridgehead atoms. The van der Waals surface area contributed by atoms with Gasteiger partial charge in [-0.15, -0.1) is 0 Å². The maximum absolute atomic E-state index is 11.6. The SMILES string of the molecule is Cc1nc(N)ccc1CNC(=O)C1CCN1. The van der Waals surface area contributed by atoms with Gasteiger partial charge in [-0.3, -0.25) is 4.79 Å². The fourth-order valence-corrected chi connectivity index (χ4v) is 1.61. The van der Waals surface area contributed by atoms with Crippen molar-refractivity contribution in [2.24, 2.45) is 0 Å². The average Bonchev–Trinajstić information content (AvgIpc) is 2.13. The van der Waals surface area contributed by atoms with Crippen molar-refractivity contribution in [1.82, 2.24) is 15.6 Å². The maximum Gasteiger partial charge on any atom is 0.237 e. The first kappa shape index (κ1) is 10.9. The van der Waals surface area contributed by atoms with E-state index in [9.17, 15) is 4.79 Å². The lowest BCUT2D eigenvalue weighted by atomic mass is 10.1. The Hall–Kier alpha value is -1.62. The van der Waals surface area contributed by atoms with Gasteiger partial charge in [0.25, 0.3) is 0 Å². The number of nitrogen functional groups attached to an aromatic ring is 1. The standard InChI is InChI=1S/C11H16N4O/c1-7-8(2-3-10(12)15-7)6-14-11(16)9-4-5-13-9/h2-3,9,13H,4-6H2,1H3,(H2,12,15)(H,14,16). The van der Waals surface area contributed by atoms with Crippen LogP contribution in [0.25, 0.3) is 0 Å². The zero-order valence-corrected chi connectivity index (χ0v) is 9.29. The Morgan fingerprint density at radius 2 is 2.44 bits per heavy atom. The van der Waals surface area contributed by atoms with Crippen molar-refractivity contribution in [1.29, 1.82) is 0 Å². The Labute approximate surface area is 94.4 Å². The fraction of sp³-hybridized carbons (Fsp3) is 0.455. The third-order valence-corrected chi connectivity index (χ3v) is 2.81. The Balaban J connectivity index is 1.91. The zero-order chi connectivity index (χ0) is 11.5. The number of hydrogen-bond acceptors (Lipinski definition) is 4. The van der Waals surface area contributed by atoms with Crippen LogP contribution in [0, 0.1) is 6.92 Å². The van der Waals surface area contributed by atoms with Gasteiger partial charge in [0.05, 0.1) is 6.04 Å². The van der Waals surface area contributed by atoms with Crippen molar-refractivity contribution in [2.75, 3.05) is 12.3 Å². The van der Waals surface area contributed by atoms with Gasteiger partial charge in [-0.1, -0.05) is 6.07 Å². The monoisotopic (exact) mass is 220 g/mol. The molecule has 5 nitrogen and oxygen atoms in total. The second kappa shape index (κ2) is 4.49. The third kappa shape index (κ3) is 2.30. The van der Waals surface area contributed by atoms with E-state index in [0.717, 1.165) is 24.2 Å². The van der Waals surface area contributed by atoms with Crippen LogP contribution < -0.4 is 16.4 Å². The van der Waals surface area contributed by atoms with Gasteiger partial charge >= 0.3 is 0 Å². The van der Waals surface area contributed by atoms with Crippen molar-refractivity contribution < 1.29 is 4.79 Å². The topological polar surface area (TPSA) is 80.0 Å². The van der Waals surface area contributed by atoms with Crippen molar-refractivity contribution in [3.8, 4) is 0 Å². The molecular formula is C11H16N4O. The smallest absolute Gasteiger partial charge is 0.237 e. The molecule has 0 aliphatic carbocycles. The summed E-state index contributed by atoms with van der Waals surface area (Å²) in [4.78, 5) is 15.7. The molecule has 2 heterocycles. The van der Waals surface area contributed by atoms with Crippen molar-refractivity contribution in [2.45, 2.75) is 25.9 Å². The summed E-state index contributed by atoms with van der Waals surface area (Å²) in [5.74, 6) is 0.565. The number of aromatic nitrogens is 1. The van der Waals surface area contributed by atoms with Gasteiger partial charge in [0.15, 0.2) is 0 Å². The Morgan fingerprint density at radius 1 is 1.69 bits per heavy atom. The number of pyridine rings is 1. The molecule has 0 spiro atoms. The first-order valence-corrected chi connectivity index (χ1v) is 5.40. The van der Waals surface area contributed by atoms with E-state index in [1.165, 1.54) is 0 Å². The number of amides is 1. The number of rotatable bonds is 3. The molecule has 1 fully saturated rings. The van der Waals surface area contributed by atoms with Gasteiger partial charge in [-0.05, 0) is 31.5 Å². The summed E-state index contributed by atoms with van der Waals surface area (Å²) in [6, 6.07) is 3.63. The van der Waals surface area contributed by atoms with Crippen LogP contribution in [0.15, 0.2) is 12.1 Å². The number of nitrogens with one attached hydrogen (secondary N) is 2. The first-order valence-electron chi connectivity index (χ1n) is 5.40. The van der Waals surface area contributed by atoms with E-state index in [1.54, 1.807) is 6.07 Å². The van der Waals surface area contributed by atoms with Gasteiger partial charge in [0.2, 0.25) is 5.91 Å². The van der Waals surface area contributed by atoms with Gasteiger partial charge in [-0.25, -0.2) is 4.98 Å². The number of nitrogens with zero attached hydrogens (tertiary/aromatic N) is 1. The Kier molecular flexibility index (Phi) is 3.05. The predicted octanol–water partition coefficient (Wildman–Crippen LogP) is -0.0497. The second-order valence-corrected chi connectivity index (χ2v) is 3.99. The summed E-state index contributed by atoms with van der Waals surface area (Å²) in [6.45, 7) is 3.33. The molecule has 1 unspecified atom stereocenters. The van der Waals surface area contributed by atoms with Crippen molar-refractivity contribution in [3.05, 3.63) is 23.4 Å². The molecule has 0 saturated carbocycles. The van der Waals surface area contributed by atoms with Gasteiger partial charge < -0.3 is 16.4 Å². The molecule has 2 rings (SSSR count). The fourth-order valence-electron chi connectivity index (χ4n) is 1.61. The number of nitrogens with two attached hydrogens (primary N) is 1. The highest BCUT2D eigenvalue weighted by Gasteiger charge is 2.23. The number of aryl methyl sites for hydroxylation is 1. The lowest BCUT2D eigenvalue weighted by Gasteiger charge is -2.26. The summed E-state index contributed by atoms with van der Waals surface area (Å²) >= 11 is 0. The minimum atomic E-state index is -0.0120. The quantitative estimate of drug-likeness (QED) is 0.667. The molecule has 1 saturated heterocycles. The molecule has 1 aliphatic heterocycles. The molecule has 1 atom stereocenters. The van der Waals surface area contributed by atoms with Crippen LogP contribution in [0.4, 0.5) is 5.82 Å². The molecule has 4 N–H and O–H groups in total. The van der Waals surface area contributed by atoms with E-state index < -0.39 is 0 Å². The van der Waals surface area contributed by atoms with E-state index in [1.807, 2.05) is 13.0 Å². The van der Waals surface area contributed by atoms with Crippen molar-refractivity contribution in [3.63, 3.8) is 0 Å². The zero-order valence-electron chi connectivity index (χ0n) is 9.29. The van der Waals surface area contributed by atoms with Crippen molar-refractivity contribution >= 4 is 11.7 Å². The van der Waals surface area contributed by atoms with Gasteiger partial charge in [0.1, 0.15) is 5.82 Å². The van der Waals surface area contributed by atoms with Gasteiger partial charge in [-0.2, -0.15) is 0 Å². The predicted molar refractivity (Wildman–Crippen MR) is 61.6 cm³/mol. The summed E-state index contributed by atoms with van der Waals surface area (Å²) < 4.78 is 0. The molecule has 5 heteroatoms. The number of hydrogen-bond donors (Lipinski definition) is 3. The summed E-state index contributed by atoms with van der Waals surface area (Å²) in [5.41, 5.74) is 7.42. The molecule has 1 aromatic rings. The van der Waals surface area contributed by atoms with E-state index in [-0.39, 0.29) is 11.9 Å². The Bertz CT molecular complexity index is 401.